The summed E-state index contributed by atoms with van der Waals surface area (Å²) in [5.74, 6) is 0.0219. The van der Waals surface area contributed by atoms with Crippen LogP contribution in [-0.2, 0) is 14.4 Å². The van der Waals surface area contributed by atoms with E-state index in [0.717, 1.165) is 41.1 Å². The number of nitrogens with zero attached hydrogens (tertiary/aromatic N) is 3. The number of carbonyl (C=O) groups excluding carboxylic acids is 2. The van der Waals surface area contributed by atoms with Crippen LogP contribution in [0.5, 0.6) is 5.75 Å². The molecule has 0 bridgehead atoms. The molecule has 10 heteroatoms. The van der Waals surface area contributed by atoms with Crippen LogP contribution >= 0.6 is 0 Å². The Morgan fingerprint density at radius 1 is 1.11 bits per heavy atom. The molecule has 1 saturated heterocycles. The summed E-state index contributed by atoms with van der Waals surface area (Å²) in [5, 5.41) is 14.6. The molecule has 1 unspecified atom stereocenters. The summed E-state index contributed by atoms with van der Waals surface area (Å²) in [6.07, 6.45) is 5.74. The van der Waals surface area contributed by atoms with Crippen LogP contribution < -0.4 is 20.3 Å². The van der Waals surface area contributed by atoms with E-state index in [4.69, 9.17) is 9.84 Å². The van der Waals surface area contributed by atoms with Gasteiger partial charge in [-0.05, 0) is 37.6 Å². The van der Waals surface area contributed by atoms with Gasteiger partial charge in [-0.1, -0.05) is 0 Å². The molecule has 5 rings (SSSR count). The summed E-state index contributed by atoms with van der Waals surface area (Å²) < 4.78 is 6.21. The summed E-state index contributed by atoms with van der Waals surface area (Å²) >= 11 is 0. The Bertz CT molecular complexity index is 1360. The van der Waals surface area contributed by atoms with Crippen molar-refractivity contribution in [2.75, 3.05) is 22.1 Å². The van der Waals surface area contributed by atoms with Gasteiger partial charge < -0.3 is 25.4 Å². The molecule has 2 aliphatic rings. The minimum Gasteiger partial charge on any atom is -0.485 e. The van der Waals surface area contributed by atoms with Crippen LogP contribution in [0.3, 0.4) is 0 Å². The predicted octanol–water partition coefficient (Wildman–Crippen LogP) is 4.27. The van der Waals surface area contributed by atoms with Crippen LogP contribution in [0.25, 0.3) is 11.1 Å². The van der Waals surface area contributed by atoms with Crippen LogP contribution in [0.4, 0.5) is 22.9 Å². The van der Waals surface area contributed by atoms with Gasteiger partial charge in [-0.3, -0.25) is 19.4 Å². The first-order chi connectivity index (χ1) is 17.4. The summed E-state index contributed by atoms with van der Waals surface area (Å²) in [6, 6.07) is 9.45. The fraction of sp³-hybridized carbons (Fsp3) is 0.269. The Labute approximate surface area is 207 Å². The molecule has 184 valence electrons. The van der Waals surface area contributed by atoms with E-state index in [9.17, 15) is 14.4 Å². The number of carbonyl (C=O) groups is 3. The standard InChI is InChI=1S/C26H25N5O5/c1-15-20-11-23(29-16-9-17(13-27-12-16)30-24(32)6-7-26(34)35)28-14-21(20)19-5-4-18(10-22(19)36-15)31-8-2-3-25(31)33/h4-5,9-15H,2-3,6-8H2,1H3,(H,28,29)(H,30,32)(H,34,35). The highest BCUT2D eigenvalue weighted by molar-refractivity contribution is 5.96. The Morgan fingerprint density at radius 2 is 1.94 bits per heavy atom. The van der Waals surface area contributed by atoms with Crippen molar-refractivity contribution in [2.24, 2.45) is 0 Å². The first kappa shape index (κ1) is 23.3. The quantitative estimate of drug-likeness (QED) is 0.450. The lowest BCUT2D eigenvalue weighted by Crippen LogP contribution is -2.24. The number of rotatable bonds is 7. The molecule has 2 aliphatic heterocycles. The molecular formula is C26H25N5O5. The Morgan fingerprint density at radius 3 is 2.72 bits per heavy atom. The summed E-state index contributed by atoms with van der Waals surface area (Å²) in [5.41, 5.74) is 4.77. The average molecular weight is 488 g/mol. The van der Waals surface area contributed by atoms with E-state index >= 15 is 0 Å². The van der Waals surface area contributed by atoms with Gasteiger partial charge in [-0.25, -0.2) is 4.98 Å². The first-order valence-corrected chi connectivity index (χ1v) is 11.7. The van der Waals surface area contributed by atoms with E-state index in [1.807, 2.05) is 31.2 Å². The van der Waals surface area contributed by atoms with Gasteiger partial charge >= 0.3 is 5.97 Å². The van der Waals surface area contributed by atoms with Crippen LogP contribution in [0.1, 0.15) is 44.3 Å². The molecule has 4 heterocycles. The van der Waals surface area contributed by atoms with Crippen LogP contribution in [-0.4, -0.2) is 39.4 Å². The molecule has 0 radical (unpaired) electrons. The molecular weight excluding hydrogens is 462 g/mol. The van der Waals surface area contributed by atoms with Crippen LogP contribution in [0.2, 0.25) is 0 Å². The summed E-state index contributed by atoms with van der Waals surface area (Å²) in [7, 11) is 0. The molecule has 3 aromatic rings. The molecule has 10 nitrogen and oxygen atoms in total. The maximum Gasteiger partial charge on any atom is 0.303 e. The fourth-order valence-electron chi connectivity index (χ4n) is 4.44. The van der Waals surface area contributed by atoms with E-state index in [2.05, 4.69) is 20.6 Å². The minimum atomic E-state index is -1.03. The fourth-order valence-corrected chi connectivity index (χ4v) is 4.44. The maximum absolute atomic E-state index is 12.1. The zero-order valence-corrected chi connectivity index (χ0v) is 19.7. The van der Waals surface area contributed by atoms with Crippen molar-refractivity contribution in [1.29, 1.82) is 0 Å². The third kappa shape index (κ3) is 4.83. The highest BCUT2D eigenvalue weighted by Gasteiger charge is 2.27. The number of ether oxygens (including phenoxy) is 1. The smallest absolute Gasteiger partial charge is 0.303 e. The lowest BCUT2D eigenvalue weighted by molar-refractivity contribution is -0.138. The maximum atomic E-state index is 12.1. The normalized spacial score (nSPS) is 16.1. The minimum absolute atomic E-state index is 0.117. The van der Waals surface area contributed by atoms with E-state index < -0.39 is 11.9 Å². The highest BCUT2D eigenvalue weighted by Crippen LogP contribution is 2.44. The number of amides is 2. The van der Waals surface area contributed by atoms with Crippen molar-refractivity contribution in [3.05, 3.63) is 54.5 Å². The van der Waals surface area contributed by atoms with Gasteiger partial charge in [0, 0.05) is 54.0 Å². The van der Waals surface area contributed by atoms with Gasteiger partial charge in [0.1, 0.15) is 17.7 Å². The van der Waals surface area contributed by atoms with E-state index in [1.54, 1.807) is 23.4 Å². The van der Waals surface area contributed by atoms with Crippen molar-refractivity contribution in [3.8, 4) is 16.9 Å². The van der Waals surface area contributed by atoms with Crippen molar-refractivity contribution in [1.82, 2.24) is 9.97 Å². The molecule has 36 heavy (non-hydrogen) atoms. The monoisotopic (exact) mass is 487 g/mol. The molecule has 0 aliphatic carbocycles. The summed E-state index contributed by atoms with van der Waals surface area (Å²) in [4.78, 5) is 45.2. The number of fused-ring (bicyclic) bond motifs is 3. The van der Waals surface area contributed by atoms with Crippen molar-refractivity contribution < 1.29 is 24.2 Å². The number of carboxylic acids is 1. The number of hydrogen-bond acceptors (Lipinski definition) is 7. The van der Waals surface area contributed by atoms with Gasteiger partial charge in [-0.2, -0.15) is 0 Å². The number of benzene rings is 1. The highest BCUT2D eigenvalue weighted by atomic mass is 16.5. The second-order valence-electron chi connectivity index (χ2n) is 8.78. The molecule has 1 aromatic carbocycles. The largest absolute Gasteiger partial charge is 0.485 e. The number of carboxylic acid groups (broad SMARTS) is 1. The number of aromatic nitrogens is 2. The lowest BCUT2D eigenvalue weighted by Gasteiger charge is -2.28. The zero-order chi connectivity index (χ0) is 25.2. The summed E-state index contributed by atoms with van der Waals surface area (Å²) in [6.45, 7) is 2.69. The molecule has 0 spiro atoms. The third-order valence-corrected chi connectivity index (χ3v) is 6.18. The number of aliphatic carboxylic acids is 1. The topological polar surface area (TPSA) is 134 Å². The van der Waals surface area contributed by atoms with Gasteiger partial charge in [0.25, 0.3) is 0 Å². The first-order valence-electron chi connectivity index (χ1n) is 11.7. The Kier molecular flexibility index (Phi) is 6.24. The van der Waals surface area contributed by atoms with E-state index in [1.165, 1.54) is 6.20 Å². The second-order valence-corrected chi connectivity index (χ2v) is 8.78. The third-order valence-electron chi connectivity index (χ3n) is 6.18. The van der Waals surface area contributed by atoms with Crippen molar-refractivity contribution >= 4 is 40.7 Å². The van der Waals surface area contributed by atoms with Gasteiger partial charge in [0.2, 0.25) is 11.8 Å². The average Bonchev–Trinajstić information content (AvgIpc) is 3.28. The molecule has 2 amide bonds. The number of hydrogen-bond donors (Lipinski definition) is 3. The van der Waals surface area contributed by atoms with E-state index in [0.29, 0.717) is 23.6 Å². The van der Waals surface area contributed by atoms with E-state index in [-0.39, 0.29) is 24.9 Å². The Hall–Kier alpha value is -4.47. The molecule has 3 N–H and O–H groups in total. The number of anilines is 4. The number of nitrogens with one attached hydrogen (secondary N) is 2. The van der Waals surface area contributed by atoms with Crippen molar-refractivity contribution in [3.63, 3.8) is 0 Å². The molecule has 1 fully saturated rings. The van der Waals surface area contributed by atoms with Crippen LogP contribution in [0, 0.1) is 0 Å². The zero-order valence-electron chi connectivity index (χ0n) is 19.7. The lowest BCUT2D eigenvalue weighted by atomic mass is 9.94. The predicted molar refractivity (Wildman–Crippen MR) is 133 cm³/mol. The SMILES string of the molecule is CC1Oc2cc(N3CCCC3=O)ccc2-c2cnc(Nc3cncc(NC(=O)CCC(=O)O)c3)cc21. The van der Waals surface area contributed by atoms with Gasteiger partial charge in [-0.15, -0.1) is 0 Å². The van der Waals surface area contributed by atoms with Gasteiger partial charge in [0.05, 0.1) is 30.2 Å². The molecule has 2 aromatic heterocycles. The second kappa shape index (κ2) is 9.65. The molecule has 1 atom stereocenters. The molecule has 0 saturated carbocycles. The van der Waals surface area contributed by atoms with Crippen LogP contribution in [0.15, 0.2) is 48.9 Å². The van der Waals surface area contributed by atoms with Gasteiger partial charge in [0.15, 0.2) is 0 Å². The Balaban J connectivity index is 1.34. The number of pyridine rings is 2. The van der Waals surface area contributed by atoms with Crippen molar-refractivity contribution in [2.45, 2.75) is 38.7 Å².